The van der Waals surface area contributed by atoms with Crippen LogP contribution in [0.3, 0.4) is 0 Å². The minimum absolute atomic E-state index is 0.0385. The molecule has 0 spiro atoms. The van der Waals surface area contributed by atoms with Crippen LogP contribution in [0.2, 0.25) is 0 Å². The summed E-state index contributed by atoms with van der Waals surface area (Å²) in [5.74, 6) is 6.06. The second-order valence-corrected chi connectivity index (χ2v) is 6.65. The number of nitrogens with zero attached hydrogens (tertiary/aromatic N) is 3. The summed E-state index contributed by atoms with van der Waals surface area (Å²) < 4.78 is 0. The van der Waals surface area contributed by atoms with Crippen molar-refractivity contribution in [2.75, 3.05) is 5.43 Å². The molecular weight excluding hydrogens is 348 g/mol. The molecule has 138 valence electrons. The first kappa shape index (κ1) is 19.6. The highest BCUT2D eigenvalue weighted by Gasteiger charge is 2.19. The van der Waals surface area contributed by atoms with E-state index < -0.39 is 15.5 Å². The Balaban J connectivity index is 2.45. The first-order chi connectivity index (χ1) is 12.7. The quantitative estimate of drug-likeness (QED) is 0.365. The molecule has 0 aliphatic carbocycles. The van der Waals surface area contributed by atoms with E-state index in [1.165, 1.54) is 12.1 Å². The fraction of sp³-hybridized carbons (Fsp3) is 0.211. The Morgan fingerprint density at radius 3 is 2.26 bits per heavy atom. The van der Waals surface area contributed by atoms with E-state index in [2.05, 4.69) is 22.4 Å². The third-order valence-electron chi connectivity index (χ3n) is 3.28. The SMILES string of the molecule is CC(C)(C)C#CC(=NNc1ccc([N+](=O)[O-])cc1[N+](=O)[O-])c1ccccc1. The monoisotopic (exact) mass is 366 g/mol. The molecule has 2 aromatic carbocycles. The molecule has 0 unspecified atom stereocenters. The lowest BCUT2D eigenvalue weighted by Crippen LogP contribution is -2.06. The van der Waals surface area contributed by atoms with Crippen molar-refractivity contribution in [3.8, 4) is 11.8 Å². The van der Waals surface area contributed by atoms with Crippen molar-refractivity contribution in [3.05, 3.63) is 74.3 Å². The van der Waals surface area contributed by atoms with E-state index in [1.807, 2.05) is 51.1 Å². The number of non-ortho nitro benzene ring substituents is 1. The fourth-order valence-corrected chi connectivity index (χ4v) is 2.00. The van der Waals surface area contributed by atoms with Crippen molar-refractivity contribution in [1.82, 2.24) is 0 Å². The van der Waals surface area contributed by atoms with Crippen LogP contribution in [-0.4, -0.2) is 15.6 Å². The average Bonchev–Trinajstić information content (AvgIpc) is 2.61. The van der Waals surface area contributed by atoms with Gasteiger partial charge in [-0.3, -0.25) is 25.7 Å². The third kappa shape index (κ3) is 5.64. The van der Waals surface area contributed by atoms with E-state index >= 15 is 0 Å². The molecule has 2 aromatic rings. The predicted molar refractivity (Wildman–Crippen MR) is 104 cm³/mol. The summed E-state index contributed by atoms with van der Waals surface area (Å²) in [6.45, 7) is 5.87. The summed E-state index contributed by atoms with van der Waals surface area (Å²) in [6, 6.07) is 12.5. The lowest BCUT2D eigenvalue weighted by atomic mass is 9.97. The van der Waals surface area contributed by atoms with Gasteiger partial charge >= 0.3 is 5.69 Å². The van der Waals surface area contributed by atoms with Crippen LogP contribution in [-0.2, 0) is 0 Å². The Bertz CT molecular complexity index is 951. The highest BCUT2D eigenvalue weighted by atomic mass is 16.6. The van der Waals surface area contributed by atoms with Crippen LogP contribution in [0.1, 0.15) is 26.3 Å². The number of anilines is 1. The first-order valence-electron chi connectivity index (χ1n) is 8.02. The maximum absolute atomic E-state index is 11.2. The highest BCUT2D eigenvalue weighted by Crippen LogP contribution is 2.29. The summed E-state index contributed by atoms with van der Waals surface area (Å²) in [7, 11) is 0. The molecular formula is C19H18N4O4. The Hall–Kier alpha value is -3.73. The molecule has 0 atom stereocenters. The summed E-state index contributed by atoms with van der Waals surface area (Å²) in [5.41, 5.74) is 2.73. The Morgan fingerprint density at radius 2 is 1.70 bits per heavy atom. The Kier molecular flexibility index (Phi) is 5.88. The minimum Gasteiger partial charge on any atom is -0.270 e. The molecule has 0 aliphatic rings. The third-order valence-corrected chi connectivity index (χ3v) is 3.28. The predicted octanol–water partition coefficient (Wildman–Crippen LogP) is 4.37. The molecule has 0 amide bonds. The Morgan fingerprint density at radius 1 is 1.04 bits per heavy atom. The van der Waals surface area contributed by atoms with Crippen molar-refractivity contribution in [2.45, 2.75) is 20.8 Å². The summed E-state index contributed by atoms with van der Waals surface area (Å²) in [6.07, 6.45) is 0. The van der Waals surface area contributed by atoms with Gasteiger partial charge < -0.3 is 0 Å². The molecule has 1 N–H and O–H groups in total. The second-order valence-electron chi connectivity index (χ2n) is 6.65. The van der Waals surface area contributed by atoms with Gasteiger partial charge in [0.05, 0.1) is 15.9 Å². The van der Waals surface area contributed by atoms with Gasteiger partial charge in [-0.2, -0.15) is 5.10 Å². The van der Waals surface area contributed by atoms with Gasteiger partial charge in [-0.15, -0.1) is 0 Å². The number of nitrogens with one attached hydrogen (secondary N) is 1. The zero-order valence-corrected chi connectivity index (χ0v) is 15.1. The molecule has 0 radical (unpaired) electrons. The van der Waals surface area contributed by atoms with Gasteiger partial charge in [-0.1, -0.05) is 36.3 Å². The first-order valence-corrected chi connectivity index (χ1v) is 8.02. The van der Waals surface area contributed by atoms with Gasteiger partial charge in [0.1, 0.15) is 11.4 Å². The number of nitro groups is 2. The number of hydrazone groups is 1. The van der Waals surface area contributed by atoms with E-state index in [-0.39, 0.29) is 16.8 Å². The highest BCUT2D eigenvalue weighted by molar-refractivity contribution is 6.13. The van der Waals surface area contributed by atoms with E-state index in [0.29, 0.717) is 5.71 Å². The maximum atomic E-state index is 11.2. The minimum atomic E-state index is -0.701. The van der Waals surface area contributed by atoms with Gasteiger partial charge in [0.15, 0.2) is 0 Å². The normalized spacial score (nSPS) is 11.3. The van der Waals surface area contributed by atoms with E-state index in [1.54, 1.807) is 0 Å². The largest absolute Gasteiger partial charge is 0.301 e. The van der Waals surface area contributed by atoms with E-state index in [9.17, 15) is 20.2 Å². The standard InChI is InChI=1S/C19H18N4O4/c1-19(2,3)12-11-16(14-7-5-4-6-8-14)20-21-17-10-9-15(22(24)25)13-18(17)23(26)27/h4-10,13,21H,1-3H3. The zero-order chi connectivity index (χ0) is 20.0. The molecule has 8 heteroatoms. The smallest absolute Gasteiger partial charge is 0.270 e. The molecule has 0 heterocycles. The lowest BCUT2D eigenvalue weighted by Gasteiger charge is -2.08. The van der Waals surface area contributed by atoms with Crippen LogP contribution in [0, 0.1) is 37.5 Å². The van der Waals surface area contributed by atoms with Crippen molar-refractivity contribution >= 4 is 22.8 Å². The van der Waals surface area contributed by atoms with Gasteiger partial charge in [0.25, 0.3) is 5.69 Å². The second kappa shape index (κ2) is 8.10. The van der Waals surface area contributed by atoms with Gasteiger partial charge in [0.2, 0.25) is 0 Å². The number of nitro benzene ring substituents is 2. The summed E-state index contributed by atoms with van der Waals surface area (Å²) in [5, 5.41) is 26.3. The van der Waals surface area contributed by atoms with Crippen molar-refractivity contribution in [2.24, 2.45) is 10.5 Å². The van der Waals surface area contributed by atoms with Gasteiger partial charge in [-0.05, 0) is 32.8 Å². The van der Waals surface area contributed by atoms with Gasteiger partial charge in [0, 0.05) is 17.0 Å². The molecule has 0 bridgehead atoms. The van der Waals surface area contributed by atoms with Crippen LogP contribution in [0.5, 0.6) is 0 Å². The van der Waals surface area contributed by atoms with Crippen LogP contribution in [0.15, 0.2) is 53.6 Å². The lowest BCUT2D eigenvalue weighted by molar-refractivity contribution is -0.393. The zero-order valence-electron chi connectivity index (χ0n) is 15.1. The number of hydrogen-bond acceptors (Lipinski definition) is 6. The van der Waals surface area contributed by atoms with Crippen LogP contribution in [0.25, 0.3) is 0 Å². The maximum Gasteiger partial charge on any atom is 0.301 e. The molecule has 8 nitrogen and oxygen atoms in total. The van der Waals surface area contributed by atoms with Gasteiger partial charge in [-0.25, -0.2) is 0 Å². The molecule has 2 rings (SSSR count). The number of benzene rings is 2. The molecule has 0 aromatic heterocycles. The Labute approximate surface area is 156 Å². The summed E-state index contributed by atoms with van der Waals surface area (Å²) in [4.78, 5) is 20.7. The van der Waals surface area contributed by atoms with Crippen LogP contribution in [0.4, 0.5) is 17.1 Å². The molecule has 0 fully saturated rings. The summed E-state index contributed by atoms with van der Waals surface area (Å²) >= 11 is 0. The topological polar surface area (TPSA) is 111 Å². The van der Waals surface area contributed by atoms with E-state index in [0.717, 1.165) is 11.6 Å². The molecule has 27 heavy (non-hydrogen) atoms. The van der Waals surface area contributed by atoms with Crippen LogP contribution >= 0.6 is 0 Å². The molecule has 0 aliphatic heterocycles. The fourth-order valence-electron chi connectivity index (χ4n) is 2.00. The van der Waals surface area contributed by atoms with Crippen LogP contribution < -0.4 is 5.43 Å². The van der Waals surface area contributed by atoms with Crippen molar-refractivity contribution in [3.63, 3.8) is 0 Å². The van der Waals surface area contributed by atoms with Crippen molar-refractivity contribution < 1.29 is 9.85 Å². The number of rotatable bonds is 5. The van der Waals surface area contributed by atoms with Crippen molar-refractivity contribution in [1.29, 1.82) is 0 Å². The average molecular weight is 366 g/mol. The van der Waals surface area contributed by atoms with E-state index in [4.69, 9.17) is 0 Å². The molecule has 0 saturated carbocycles. The number of hydrogen-bond donors (Lipinski definition) is 1. The molecule has 0 saturated heterocycles.